The predicted molar refractivity (Wildman–Crippen MR) is 36.0 cm³/mol. The summed E-state index contributed by atoms with van der Waals surface area (Å²) in [5, 5.41) is 0. The van der Waals surface area contributed by atoms with Gasteiger partial charge in [-0.2, -0.15) is 0 Å². The first-order valence-corrected chi connectivity index (χ1v) is 3.55. The Hall–Kier alpha value is -0.110. The fraction of sp³-hybridized carbons (Fsp3) is 1.00. The number of rotatable bonds is 1. The predicted octanol–water partition coefficient (Wildman–Crippen LogP) is 1.79. The summed E-state index contributed by atoms with van der Waals surface area (Å²) in [4.78, 5) is 1.88. The molecule has 0 unspecified atom stereocenters. The van der Waals surface area contributed by atoms with E-state index in [1.165, 1.54) is 0 Å². The largest absolute Gasteiger partial charge is 0.272 e. The zero-order valence-corrected chi connectivity index (χ0v) is 6.15. The maximum absolute atomic E-state index is 13.0. The van der Waals surface area contributed by atoms with Gasteiger partial charge in [0.25, 0.3) is 0 Å². The van der Waals surface area contributed by atoms with Gasteiger partial charge < -0.3 is 0 Å². The molecule has 0 radical (unpaired) electrons. The minimum Gasteiger partial charge on any atom is -0.272 e. The molecule has 0 amide bonds. The van der Waals surface area contributed by atoms with Gasteiger partial charge in [0.05, 0.1) is 0 Å². The monoisotopic (exact) mass is 131 g/mol. The normalized spacial score (nSPS) is 23.0. The molecule has 1 nitrogen and oxygen atoms in total. The molecule has 0 aromatic heterocycles. The van der Waals surface area contributed by atoms with E-state index in [9.17, 15) is 4.39 Å². The molecule has 0 N–H and O–H groups in total. The Bertz CT molecular complexity index is 89.6. The maximum Gasteiger partial charge on any atom is 0.158 e. The Morgan fingerprint density at radius 1 is 1.22 bits per heavy atom. The van der Waals surface area contributed by atoms with Crippen LogP contribution in [0.5, 0.6) is 0 Å². The standard InChI is InChI=1S/C7H14FN/c1-7(2,8)9-5-3-4-6-9/h3-6H2,1-2H3. The van der Waals surface area contributed by atoms with Crippen LogP contribution in [0.2, 0.25) is 0 Å². The van der Waals surface area contributed by atoms with Crippen molar-refractivity contribution in [3.63, 3.8) is 0 Å². The van der Waals surface area contributed by atoms with Crippen LogP contribution in [0.1, 0.15) is 26.7 Å². The maximum atomic E-state index is 13.0. The third-order valence-electron chi connectivity index (χ3n) is 1.86. The summed E-state index contributed by atoms with van der Waals surface area (Å²) in [5.74, 6) is -1.09. The second-order valence-electron chi connectivity index (χ2n) is 3.10. The van der Waals surface area contributed by atoms with E-state index >= 15 is 0 Å². The third kappa shape index (κ3) is 1.65. The van der Waals surface area contributed by atoms with Crippen LogP contribution in [-0.4, -0.2) is 23.8 Å². The summed E-state index contributed by atoms with van der Waals surface area (Å²) in [7, 11) is 0. The van der Waals surface area contributed by atoms with Crippen LogP contribution in [0.4, 0.5) is 4.39 Å². The van der Waals surface area contributed by atoms with Gasteiger partial charge in [-0.15, -0.1) is 0 Å². The molecule has 1 heterocycles. The van der Waals surface area contributed by atoms with E-state index in [4.69, 9.17) is 0 Å². The molecule has 0 saturated carbocycles. The topological polar surface area (TPSA) is 3.24 Å². The van der Waals surface area contributed by atoms with Crippen LogP contribution < -0.4 is 0 Å². The molecule has 1 rings (SSSR count). The van der Waals surface area contributed by atoms with Gasteiger partial charge >= 0.3 is 0 Å². The highest BCUT2D eigenvalue weighted by Crippen LogP contribution is 2.21. The average Bonchev–Trinajstić information content (AvgIpc) is 2.08. The summed E-state index contributed by atoms with van der Waals surface area (Å²) in [6.45, 7) is 5.11. The van der Waals surface area contributed by atoms with Crippen molar-refractivity contribution in [3.05, 3.63) is 0 Å². The van der Waals surface area contributed by atoms with E-state index in [-0.39, 0.29) is 0 Å². The number of alkyl halides is 1. The molecular weight excluding hydrogens is 117 g/mol. The molecule has 2 heteroatoms. The molecule has 1 aliphatic rings. The first-order valence-electron chi connectivity index (χ1n) is 3.55. The van der Waals surface area contributed by atoms with E-state index in [1.54, 1.807) is 13.8 Å². The molecule has 0 atom stereocenters. The van der Waals surface area contributed by atoms with E-state index in [1.807, 2.05) is 4.90 Å². The molecule has 0 bridgehead atoms. The SMILES string of the molecule is CC(C)(F)N1CCCC1. The molecule has 0 aliphatic carbocycles. The highest BCUT2D eigenvalue weighted by atomic mass is 19.1. The fourth-order valence-corrected chi connectivity index (χ4v) is 1.25. The van der Waals surface area contributed by atoms with Crippen molar-refractivity contribution in [2.45, 2.75) is 32.5 Å². The Morgan fingerprint density at radius 2 is 1.67 bits per heavy atom. The van der Waals surface area contributed by atoms with Gasteiger partial charge in [0.15, 0.2) is 5.79 Å². The Balaban J connectivity index is 2.42. The highest BCUT2D eigenvalue weighted by molar-refractivity contribution is 4.74. The van der Waals surface area contributed by atoms with E-state index in [0.29, 0.717) is 0 Å². The smallest absolute Gasteiger partial charge is 0.158 e. The number of hydrogen-bond donors (Lipinski definition) is 0. The van der Waals surface area contributed by atoms with Crippen molar-refractivity contribution in [2.75, 3.05) is 13.1 Å². The van der Waals surface area contributed by atoms with E-state index in [2.05, 4.69) is 0 Å². The first-order chi connectivity index (χ1) is 4.11. The summed E-state index contributed by atoms with van der Waals surface area (Å²) in [6.07, 6.45) is 2.32. The molecule has 1 saturated heterocycles. The first kappa shape index (κ1) is 7.00. The molecule has 0 spiro atoms. The lowest BCUT2D eigenvalue weighted by atomic mass is 10.3. The molecule has 1 fully saturated rings. The Labute approximate surface area is 55.8 Å². The molecular formula is C7H14FN. The zero-order chi connectivity index (χ0) is 6.91. The van der Waals surface area contributed by atoms with Gasteiger partial charge in [0.1, 0.15) is 0 Å². The molecule has 0 aromatic rings. The van der Waals surface area contributed by atoms with Crippen molar-refractivity contribution < 1.29 is 4.39 Å². The minimum absolute atomic E-state index is 0.934. The van der Waals surface area contributed by atoms with E-state index in [0.717, 1.165) is 25.9 Å². The molecule has 1 aliphatic heterocycles. The summed E-state index contributed by atoms with van der Waals surface area (Å²) in [6, 6.07) is 0. The van der Waals surface area contributed by atoms with Crippen molar-refractivity contribution >= 4 is 0 Å². The summed E-state index contributed by atoms with van der Waals surface area (Å²) < 4.78 is 13.0. The van der Waals surface area contributed by atoms with Crippen LogP contribution in [0.25, 0.3) is 0 Å². The Morgan fingerprint density at radius 3 is 1.89 bits per heavy atom. The van der Waals surface area contributed by atoms with Crippen LogP contribution >= 0.6 is 0 Å². The quantitative estimate of drug-likeness (QED) is 0.490. The lowest BCUT2D eigenvalue weighted by Gasteiger charge is -2.26. The third-order valence-corrected chi connectivity index (χ3v) is 1.86. The number of likely N-dealkylation sites (tertiary alicyclic amines) is 1. The lowest BCUT2D eigenvalue weighted by Crippen LogP contribution is -2.37. The van der Waals surface area contributed by atoms with Crippen molar-refractivity contribution in [1.82, 2.24) is 4.90 Å². The van der Waals surface area contributed by atoms with Gasteiger partial charge in [-0.25, -0.2) is 4.39 Å². The Kier molecular flexibility index (Phi) is 1.75. The summed E-state index contributed by atoms with van der Waals surface area (Å²) in [5.41, 5.74) is 0. The number of halogens is 1. The lowest BCUT2D eigenvalue weighted by molar-refractivity contribution is 0.0179. The summed E-state index contributed by atoms with van der Waals surface area (Å²) >= 11 is 0. The number of hydrogen-bond acceptors (Lipinski definition) is 1. The van der Waals surface area contributed by atoms with Crippen LogP contribution in [0, 0.1) is 0 Å². The van der Waals surface area contributed by atoms with Crippen LogP contribution in [0.15, 0.2) is 0 Å². The highest BCUT2D eigenvalue weighted by Gasteiger charge is 2.27. The van der Waals surface area contributed by atoms with Gasteiger partial charge in [-0.3, -0.25) is 4.90 Å². The van der Waals surface area contributed by atoms with Crippen LogP contribution in [0.3, 0.4) is 0 Å². The fourth-order valence-electron chi connectivity index (χ4n) is 1.25. The van der Waals surface area contributed by atoms with Crippen molar-refractivity contribution in [1.29, 1.82) is 0 Å². The van der Waals surface area contributed by atoms with Gasteiger partial charge in [0.2, 0.25) is 0 Å². The van der Waals surface area contributed by atoms with Crippen LogP contribution in [-0.2, 0) is 0 Å². The molecule has 0 aromatic carbocycles. The molecule has 9 heavy (non-hydrogen) atoms. The average molecular weight is 131 g/mol. The minimum atomic E-state index is -1.09. The zero-order valence-electron chi connectivity index (χ0n) is 6.15. The molecule has 54 valence electrons. The van der Waals surface area contributed by atoms with Gasteiger partial charge in [0, 0.05) is 13.1 Å². The van der Waals surface area contributed by atoms with E-state index < -0.39 is 5.79 Å². The van der Waals surface area contributed by atoms with Crippen molar-refractivity contribution in [2.24, 2.45) is 0 Å². The number of nitrogens with zero attached hydrogens (tertiary/aromatic N) is 1. The van der Waals surface area contributed by atoms with Gasteiger partial charge in [-0.05, 0) is 26.7 Å². The second-order valence-corrected chi connectivity index (χ2v) is 3.10. The van der Waals surface area contributed by atoms with Crippen molar-refractivity contribution in [3.8, 4) is 0 Å². The second kappa shape index (κ2) is 2.25. The van der Waals surface area contributed by atoms with Gasteiger partial charge in [-0.1, -0.05) is 0 Å².